The van der Waals surface area contributed by atoms with Crippen LogP contribution in [0.3, 0.4) is 0 Å². The van der Waals surface area contributed by atoms with Crippen molar-refractivity contribution < 1.29 is 9.59 Å². The normalized spacial score (nSPS) is 16.9. The predicted octanol–water partition coefficient (Wildman–Crippen LogP) is 3.30. The fourth-order valence-electron chi connectivity index (χ4n) is 3.00. The van der Waals surface area contributed by atoms with Gasteiger partial charge in [-0.3, -0.25) is 9.59 Å². The van der Waals surface area contributed by atoms with Gasteiger partial charge in [-0.2, -0.15) is 0 Å². The van der Waals surface area contributed by atoms with Gasteiger partial charge in [0.1, 0.15) is 9.88 Å². The van der Waals surface area contributed by atoms with Crippen LogP contribution in [0.4, 0.5) is 5.00 Å². The van der Waals surface area contributed by atoms with Crippen LogP contribution in [0.5, 0.6) is 0 Å². The summed E-state index contributed by atoms with van der Waals surface area (Å²) in [5, 5.41) is 4.31. The van der Waals surface area contributed by atoms with E-state index < -0.39 is 5.91 Å². The molecule has 0 saturated carbocycles. The number of aryl methyl sites for hydroxylation is 2. The summed E-state index contributed by atoms with van der Waals surface area (Å²) >= 11 is 2.84. The van der Waals surface area contributed by atoms with Gasteiger partial charge in [-0.15, -0.1) is 22.7 Å². The Morgan fingerprint density at radius 1 is 1.30 bits per heavy atom. The topological polar surface area (TPSA) is 85.1 Å². The van der Waals surface area contributed by atoms with Crippen LogP contribution in [0.25, 0.3) is 0 Å². The van der Waals surface area contributed by atoms with E-state index in [1.54, 1.807) is 0 Å². The van der Waals surface area contributed by atoms with Crippen molar-refractivity contribution in [3.8, 4) is 0 Å². The summed E-state index contributed by atoms with van der Waals surface area (Å²) in [4.78, 5) is 30.4. The van der Waals surface area contributed by atoms with Crippen molar-refractivity contribution in [3.05, 3.63) is 31.6 Å². The largest absolute Gasteiger partial charge is 0.365 e. The van der Waals surface area contributed by atoms with Crippen molar-refractivity contribution in [2.75, 3.05) is 5.32 Å². The maximum atomic E-state index is 12.5. The molecule has 3 rings (SSSR count). The predicted molar refractivity (Wildman–Crippen MR) is 93.6 cm³/mol. The number of fused-ring (bicyclic) bond motifs is 1. The van der Waals surface area contributed by atoms with Crippen LogP contribution >= 0.6 is 22.7 Å². The lowest BCUT2D eigenvalue weighted by molar-refractivity contribution is 0.1000. The van der Waals surface area contributed by atoms with Crippen LogP contribution in [-0.2, 0) is 12.8 Å². The molecule has 2 aromatic heterocycles. The summed E-state index contributed by atoms with van der Waals surface area (Å²) in [6.07, 6.45) is 2.83. The molecule has 2 aromatic rings. The summed E-state index contributed by atoms with van der Waals surface area (Å²) in [6.45, 7) is 5.89. The second-order valence-corrected chi connectivity index (χ2v) is 8.33. The minimum Gasteiger partial charge on any atom is -0.365 e. The molecular weight excluding hydrogens is 330 g/mol. The van der Waals surface area contributed by atoms with Crippen molar-refractivity contribution in [3.63, 3.8) is 0 Å². The van der Waals surface area contributed by atoms with Crippen LogP contribution in [0, 0.1) is 19.8 Å². The lowest BCUT2D eigenvalue weighted by Gasteiger charge is -2.18. The van der Waals surface area contributed by atoms with Crippen LogP contribution in [-0.4, -0.2) is 16.8 Å². The molecule has 7 heteroatoms. The molecule has 0 radical (unpaired) electrons. The minimum absolute atomic E-state index is 0.220. The number of thiazole rings is 1. The Morgan fingerprint density at radius 3 is 2.65 bits per heavy atom. The van der Waals surface area contributed by atoms with E-state index in [0.717, 1.165) is 29.8 Å². The Hall–Kier alpha value is -1.73. The van der Waals surface area contributed by atoms with Crippen molar-refractivity contribution in [1.29, 1.82) is 0 Å². The number of thiophene rings is 1. The van der Waals surface area contributed by atoms with Gasteiger partial charge >= 0.3 is 0 Å². The lowest BCUT2D eigenvalue weighted by Crippen LogP contribution is -2.19. The number of anilines is 1. The Balaban J connectivity index is 1.95. The van der Waals surface area contributed by atoms with Crippen molar-refractivity contribution in [1.82, 2.24) is 4.98 Å². The van der Waals surface area contributed by atoms with Gasteiger partial charge in [-0.25, -0.2) is 4.98 Å². The average Bonchev–Trinajstić information content (AvgIpc) is 2.97. The van der Waals surface area contributed by atoms with Crippen molar-refractivity contribution in [2.45, 2.75) is 40.0 Å². The number of nitrogens with two attached hydrogens (primary N) is 1. The first kappa shape index (κ1) is 16.1. The van der Waals surface area contributed by atoms with Gasteiger partial charge in [0, 0.05) is 4.88 Å². The summed E-state index contributed by atoms with van der Waals surface area (Å²) < 4.78 is 0. The molecule has 0 fully saturated rings. The van der Waals surface area contributed by atoms with Crippen LogP contribution in [0.15, 0.2) is 0 Å². The molecule has 0 bridgehead atoms. The molecule has 2 heterocycles. The number of nitrogens with one attached hydrogen (secondary N) is 1. The number of nitrogens with zero attached hydrogens (tertiary/aromatic N) is 1. The maximum absolute atomic E-state index is 12.5. The molecule has 0 aromatic carbocycles. The molecule has 122 valence electrons. The highest BCUT2D eigenvalue weighted by molar-refractivity contribution is 7.17. The second-order valence-electron chi connectivity index (χ2n) is 6.02. The Morgan fingerprint density at radius 2 is 2.04 bits per heavy atom. The zero-order chi connectivity index (χ0) is 16.7. The van der Waals surface area contributed by atoms with E-state index in [-0.39, 0.29) is 5.91 Å². The van der Waals surface area contributed by atoms with E-state index >= 15 is 0 Å². The van der Waals surface area contributed by atoms with E-state index in [4.69, 9.17) is 5.73 Å². The third kappa shape index (κ3) is 3.03. The second kappa shape index (κ2) is 6.05. The number of rotatable bonds is 3. The number of primary amides is 1. The van der Waals surface area contributed by atoms with Gasteiger partial charge in [0.15, 0.2) is 0 Å². The smallest absolute Gasteiger partial charge is 0.268 e. The minimum atomic E-state index is -0.468. The van der Waals surface area contributed by atoms with E-state index in [9.17, 15) is 9.59 Å². The molecular formula is C16H19N3O2S2. The third-order valence-electron chi connectivity index (χ3n) is 4.09. The van der Waals surface area contributed by atoms with E-state index in [0.29, 0.717) is 27.1 Å². The van der Waals surface area contributed by atoms with Crippen LogP contribution in [0.2, 0.25) is 0 Å². The summed E-state index contributed by atoms with van der Waals surface area (Å²) in [7, 11) is 0. The molecule has 1 aliphatic carbocycles. The average molecular weight is 349 g/mol. The van der Waals surface area contributed by atoms with Gasteiger partial charge in [-0.05, 0) is 44.6 Å². The highest BCUT2D eigenvalue weighted by Gasteiger charge is 2.28. The molecule has 1 atom stereocenters. The van der Waals surface area contributed by atoms with Crippen molar-refractivity contribution >= 4 is 39.5 Å². The molecule has 23 heavy (non-hydrogen) atoms. The monoisotopic (exact) mass is 349 g/mol. The van der Waals surface area contributed by atoms with E-state index in [2.05, 4.69) is 17.2 Å². The summed E-state index contributed by atoms with van der Waals surface area (Å²) in [5.74, 6) is -0.0939. The fourth-order valence-corrected chi connectivity index (χ4v) is 5.23. The number of hydrogen-bond donors (Lipinski definition) is 2. The van der Waals surface area contributed by atoms with E-state index in [1.807, 2.05) is 13.8 Å². The Kier molecular flexibility index (Phi) is 4.25. The zero-order valence-corrected chi connectivity index (χ0v) is 15.0. The molecule has 3 N–H and O–H groups in total. The Bertz CT molecular complexity index is 792. The van der Waals surface area contributed by atoms with Gasteiger partial charge < -0.3 is 11.1 Å². The fraction of sp³-hybridized carbons (Fsp3) is 0.438. The molecule has 0 aliphatic heterocycles. The number of carbonyl (C=O) groups excluding carboxylic acids is 2. The zero-order valence-electron chi connectivity index (χ0n) is 13.4. The Labute approximate surface area is 142 Å². The SMILES string of the molecule is Cc1nc(C)c(C(=O)Nc2sc3c(c2C(N)=O)CC[C@H](C)C3)s1. The van der Waals surface area contributed by atoms with Crippen LogP contribution < -0.4 is 11.1 Å². The lowest BCUT2D eigenvalue weighted by atomic mass is 9.88. The maximum Gasteiger partial charge on any atom is 0.268 e. The number of hydrogen-bond acceptors (Lipinski definition) is 5. The summed E-state index contributed by atoms with van der Waals surface area (Å²) in [5.41, 5.74) is 7.79. The molecule has 0 saturated heterocycles. The van der Waals surface area contributed by atoms with E-state index in [1.165, 1.54) is 27.6 Å². The third-order valence-corrected chi connectivity index (χ3v) is 6.34. The van der Waals surface area contributed by atoms with Gasteiger partial charge in [0.25, 0.3) is 11.8 Å². The van der Waals surface area contributed by atoms with Gasteiger partial charge in [0.05, 0.1) is 16.3 Å². The first-order valence-corrected chi connectivity index (χ1v) is 9.19. The first-order chi connectivity index (χ1) is 10.9. The quantitative estimate of drug-likeness (QED) is 0.891. The first-order valence-electron chi connectivity index (χ1n) is 7.56. The molecule has 1 aliphatic rings. The number of carbonyl (C=O) groups is 2. The number of aromatic nitrogens is 1. The standard InChI is InChI=1S/C16H19N3O2S2/c1-7-4-5-10-11(6-7)23-16(12(10)14(17)20)19-15(21)13-8(2)18-9(3)22-13/h7H,4-6H2,1-3H3,(H2,17,20)(H,19,21)/t7-/m0/s1. The highest BCUT2D eigenvalue weighted by Crippen LogP contribution is 2.39. The molecule has 2 amide bonds. The molecule has 0 unspecified atom stereocenters. The van der Waals surface area contributed by atoms with Gasteiger partial charge in [-0.1, -0.05) is 6.92 Å². The number of amides is 2. The van der Waals surface area contributed by atoms with Crippen molar-refractivity contribution in [2.24, 2.45) is 11.7 Å². The molecule has 5 nitrogen and oxygen atoms in total. The summed E-state index contributed by atoms with van der Waals surface area (Å²) in [6, 6.07) is 0. The van der Waals surface area contributed by atoms with Crippen LogP contribution in [0.1, 0.15) is 54.5 Å². The highest BCUT2D eigenvalue weighted by atomic mass is 32.1. The molecule has 0 spiro atoms. The van der Waals surface area contributed by atoms with Gasteiger partial charge in [0.2, 0.25) is 0 Å².